The van der Waals surface area contributed by atoms with Gasteiger partial charge in [-0.1, -0.05) is 26.7 Å². The van der Waals surface area contributed by atoms with Crippen LogP contribution < -0.4 is 10.6 Å². The fourth-order valence-electron chi connectivity index (χ4n) is 3.51. The molecule has 2 N–H and O–H groups in total. The van der Waals surface area contributed by atoms with Crippen LogP contribution in [0.15, 0.2) is 17.1 Å². The fraction of sp³-hybridized carbons (Fsp3) is 0.737. The molecule has 1 aliphatic rings. The van der Waals surface area contributed by atoms with Crippen LogP contribution in [0.2, 0.25) is 0 Å². The number of hydrogen-bond donors (Lipinski definition) is 2. The molecule has 1 aromatic heterocycles. The van der Waals surface area contributed by atoms with Crippen LogP contribution >= 0.6 is 11.3 Å². The van der Waals surface area contributed by atoms with Crippen LogP contribution in [0.4, 0.5) is 0 Å². The molecule has 0 aliphatic carbocycles. The number of guanidine groups is 1. The number of nitrogens with zero attached hydrogens (tertiary/aromatic N) is 2. The van der Waals surface area contributed by atoms with E-state index in [1.54, 1.807) is 0 Å². The molecule has 1 atom stereocenters. The van der Waals surface area contributed by atoms with Gasteiger partial charge in [-0.15, -0.1) is 11.3 Å². The Hall–Kier alpha value is -1.11. The molecule has 0 bridgehead atoms. The Morgan fingerprint density at radius 1 is 1.24 bits per heavy atom. The highest BCUT2D eigenvalue weighted by Crippen LogP contribution is 2.19. The van der Waals surface area contributed by atoms with Gasteiger partial charge in [0.2, 0.25) is 0 Å². The normalized spacial score (nSPS) is 17.7. The number of ether oxygens (including phenoxy) is 1. The molecule has 142 valence electrons. The van der Waals surface area contributed by atoms with Crippen molar-refractivity contribution in [3.63, 3.8) is 0 Å². The molecule has 2 heterocycles. The molecule has 0 aromatic carbocycles. The largest absolute Gasteiger partial charge is 0.379 e. The van der Waals surface area contributed by atoms with Gasteiger partial charge in [-0.2, -0.15) is 0 Å². The van der Waals surface area contributed by atoms with Crippen LogP contribution in [0.3, 0.4) is 0 Å². The first-order valence-corrected chi connectivity index (χ1v) is 10.3. The Labute approximate surface area is 156 Å². The van der Waals surface area contributed by atoms with E-state index in [1.807, 2.05) is 18.4 Å². The highest BCUT2D eigenvalue weighted by molar-refractivity contribution is 7.11. The summed E-state index contributed by atoms with van der Waals surface area (Å²) in [4.78, 5) is 9.67. The summed E-state index contributed by atoms with van der Waals surface area (Å²) in [5, 5.41) is 6.99. The molecule has 0 spiro atoms. The third-order valence-corrected chi connectivity index (χ3v) is 6.04. The number of aliphatic imine (C=N–C) groups is 1. The highest BCUT2D eigenvalue weighted by atomic mass is 32.1. The first-order valence-electron chi connectivity index (χ1n) is 9.49. The van der Waals surface area contributed by atoms with E-state index in [1.165, 1.54) is 22.6 Å². The van der Waals surface area contributed by atoms with Crippen LogP contribution in [0.25, 0.3) is 0 Å². The summed E-state index contributed by atoms with van der Waals surface area (Å²) in [6.07, 6.45) is 2.42. The Kier molecular flexibility index (Phi) is 8.72. The molecule has 25 heavy (non-hydrogen) atoms. The van der Waals surface area contributed by atoms with E-state index >= 15 is 0 Å². The second kappa shape index (κ2) is 10.8. The zero-order chi connectivity index (χ0) is 18.1. The minimum atomic E-state index is 0.529. The van der Waals surface area contributed by atoms with Gasteiger partial charge < -0.3 is 15.4 Å². The molecule has 1 fully saturated rings. The van der Waals surface area contributed by atoms with Gasteiger partial charge in [0.15, 0.2) is 5.96 Å². The summed E-state index contributed by atoms with van der Waals surface area (Å²) in [7, 11) is 1.84. The Morgan fingerprint density at radius 2 is 1.96 bits per heavy atom. The van der Waals surface area contributed by atoms with Crippen molar-refractivity contribution < 1.29 is 4.74 Å². The third-order valence-electron chi connectivity index (χ3n) is 5.04. The summed E-state index contributed by atoms with van der Waals surface area (Å²) in [6.45, 7) is 12.3. The smallest absolute Gasteiger partial charge is 0.191 e. The summed E-state index contributed by atoms with van der Waals surface area (Å²) >= 11 is 1.83. The highest BCUT2D eigenvalue weighted by Gasteiger charge is 2.26. The number of aryl methyl sites for hydroxylation is 1. The van der Waals surface area contributed by atoms with E-state index in [0.717, 1.165) is 45.4 Å². The second-order valence-electron chi connectivity index (χ2n) is 6.61. The molecule has 2 rings (SSSR count). The number of morpholine rings is 1. The zero-order valence-corrected chi connectivity index (χ0v) is 17.0. The molecule has 1 unspecified atom stereocenters. The summed E-state index contributed by atoms with van der Waals surface area (Å²) in [5.41, 5.74) is 0. The lowest BCUT2D eigenvalue weighted by Gasteiger charge is -2.39. The van der Waals surface area contributed by atoms with Gasteiger partial charge in [0.05, 0.1) is 19.8 Å². The van der Waals surface area contributed by atoms with Crippen molar-refractivity contribution >= 4 is 17.3 Å². The molecule has 0 radical (unpaired) electrons. The maximum atomic E-state index is 5.54. The molecule has 0 saturated carbocycles. The van der Waals surface area contributed by atoms with Gasteiger partial charge in [0.1, 0.15) is 0 Å². The van der Waals surface area contributed by atoms with Crippen LogP contribution in [0.5, 0.6) is 0 Å². The first-order chi connectivity index (χ1) is 12.2. The molecule has 6 heteroatoms. The number of thiophene rings is 1. The molecule has 1 saturated heterocycles. The van der Waals surface area contributed by atoms with E-state index in [4.69, 9.17) is 4.74 Å². The Balaban J connectivity index is 1.89. The predicted octanol–water partition coefficient (Wildman–Crippen LogP) is 2.86. The predicted molar refractivity (Wildman–Crippen MR) is 108 cm³/mol. The summed E-state index contributed by atoms with van der Waals surface area (Å²) in [5.74, 6) is 1.58. The summed E-state index contributed by atoms with van der Waals surface area (Å²) in [6, 6.07) is 4.88. The SMILES string of the molecule is CCC(CC)C(CNC(=NC)NCc1ccc(C)s1)N1CCOCC1. The van der Waals surface area contributed by atoms with E-state index in [2.05, 4.69) is 53.4 Å². The Bertz CT molecular complexity index is 521. The first kappa shape index (κ1) is 20.2. The molecule has 1 aliphatic heterocycles. The second-order valence-corrected chi connectivity index (χ2v) is 7.98. The molecular weight excluding hydrogens is 332 g/mol. The Morgan fingerprint density at radius 3 is 2.52 bits per heavy atom. The number of rotatable bonds is 8. The van der Waals surface area contributed by atoms with E-state index < -0.39 is 0 Å². The quantitative estimate of drug-likeness (QED) is 0.549. The van der Waals surface area contributed by atoms with Crippen LogP contribution in [-0.4, -0.2) is 56.8 Å². The lowest BCUT2D eigenvalue weighted by molar-refractivity contribution is 0.00272. The van der Waals surface area contributed by atoms with Gasteiger partial charge in [-0.3, -0.25) is 9.89 Å². The van der Waals surface area contributed by atoms with Crippen molar-refractivity contribution in [2.75, 3.05) is 39.9 Å². The summed E-state index contributed by atoms with van der Waals surface area (Å²) < 4.78 is 5.54. The van der Waals surface area contributed by atoms with E-state index in [-0.39, 0.29) is 0 Å². The van der Waals surface area contributed by atoms with E-state index in [9.17, 15) is 0 Å². The lowest BCUT2D eigenvalue weighted by atomic mass is 9.92. The average Bonchev–Trinajstić information content (AvgIpc) is 3.07. The maximum Gasteiger partial charge on any atom is 0.191 e. The van der Waals surface area contributed by atoms with Crippen molar-refractivity contribution in [1.82, 2.24) is 15.5 Å². The van der Waals surface area contributed by atoms with Crippen molar-refractivity contribution in [1.29, 1.82) is 0 Å². The van der Waals surface area contributed by atoms with Gasteiger partial charge in [0, 0.05) is 42.5 Å². The van der Waals surface area contributed by atoms with Crippen molar-refractivity contribution in [3.8, 4) is 0 Å². The van der Waals surface area contributed by atoms with Crippen molar-refractivity contribution in [3.05, 3.63) is 21.9 Å². The minimum Gasteiger partial charge on any atom is -0.379 e. The zero-order valence-electron chi connectivity index (χ0n) is 16.2. The monoisotopic (exact) mass is 366 g/mol. The van der Waals surface area contributed by atoms with Gasteiger partial charge in [-0.05, 0) is 25.0 Å². The average molecular weight is 367 g/mol. The fourth-order valence-corrected chi connectivity index (χ4v) is 4.34. The molecule has 0 amide bonds. The topological polar surface area (TPSA) is 48.9 Å². The van der Waals surface area contributed by atoms with E-state index in [0.29, 0.717) is 12.0 Å². The van der Waals surface area contributed by atoms with Crippen molar-refractivity contribution in [2.45, 2.75) is 46.2 Å². The van der Waals surface area contributed by atoms with Gasteiger partial charge in [-0.25, -0.2) is 0 Å². The molecule has 1 aromatic rings. The maximum absolute atomic E-state index is 5.54. The number of nitrogens with one attached hydrogen (secondary N) is 2. The standard InChI is InChI=1S/C19H34N4OS/c1-5-16(6-2)18(23-9-11-24-12-10-23)14-22-19(20-4)21-13-17-8-7-15(3)25-17/h7-8,16,18H,5-6,9-14H2,1-4H3,(H2,20,21,22). The van der Waals surface area contributed by atoms with Crippen LogP contribution in [-0.2, 0) is 11.3 Å². The molecular formula is C19H34N4OS. The van der Waals surface area contributed by atoms with Crippen molar-refractivity contribution in [2.24, 2.45) is 10.9 Å². The van der Waals surface area contributed by atoms with Gasteiger partial charge >= 0.3 is 0 Å². The van der Waals surface area contributed by atoms with Gasteiger partial charge in [0.25, 0.3) is 0 Å². The van der Waals surface area contributed by atoms with Crippen LogP contribution in [0.1, 0.15) is 36.4 Å². The molecule has 5 nitrogen and oxygen atoms in total. The third kappa shape index (κ3) is 6.28. The lowest BCUT2D eigenvalue weighted by Crippen LogP contribution is -2.53. The minimum absolute atomic E-state index is 0.529. The van der Waals surface area contributed by atoms with Crippen LogP contribution in [0, 0.1) is 12.8 Å². The number of hydrogen-bond acceptors (Lipinski definition) is 4.